The van der Waals surface area contributed by atoms with E-state index in [1.165, 1.54) is 6.20 Å². The van der Waals surface area contributed by atoms with Crippen molar-refractivity contribution in [1.82, 2.24) is 3.53 Å². The molecule has 0 saturated heterocycles. The first-order valence-electron chi connectivity index (χ1n) is 2.54. The molecular weight excluding hydrogens is 229 g/mol. The maximum atomic E-state index is 6.47. The monoisotopic (exact) mass is 239 g/mol. The molecule has 0 fully saturated rings. The second-order valence-corrected chi connectivity index (χ2v) is 2.80. The molecule has 52 valence electrons. The summed E-state index contributed by atoms with van der Waals surface area (Å²) in [5, 5.41) is 3.09. The number of nitrogens with one attached hydrogen (secondary N) is 2. The maximum Gasteiger partial charge on any atom is 0.0467 e. The van der Waals surface area contributed by atoms with Crippen molar-refractivity contribution in [2.75, 3.05) is 0 Å². The van der Waals surface area contributed by atoms with E-state index in [9.17, 15) is 0 Å². The van der Waals surface area contributed by atoms with Crippen molar-refractivity contribution in [2.45, 2.75) is 19.4 Å². The molecule has 0 saturated carbocycles. The lowest BCUT2D eigenvalue weighted by Crippen LogP contribution is -2.28. The molecule has 0 unspecified atom stereocenters. The third kappa shape index (κ3) is 4.53. The van der Waals surface area contributed by atoms with Gasteiger partial charge in [-0.3, -0.25) is 3.53 Å². The predicted octanol–water partition coefficient (Wildman–Crippen LogP) is 2.25. The van der Waals surface area contributed by atoms with Crippen LogP contribution in [0.25, 0.3) is 0 Å². The van der Waals surface area contributed by atoms with E-state index in [4.69, 9.17) is 5.53 Å². The van der Waals surface area contributed by atoms with Crippen LogP contribution in [-0.4, -0.2) is 5.54 Å². The van der Waals surface area contributed by atoms with Crippen molar-refractivity contribution in [3.8, 4) is 0 Å². The number of hydrogen-bond donors (Lipinski definition) is 2. The molecule has 0 aromatic carbocycles. The lowest BCUT2D eigenvalue weighted by Gasteiger charge is -2.15. The van der Waals surface area contributed by atoms with Crippen molar-refractivity contribution in [1.29, 1.82) is 5.53 Å². The quantitative estimate of drug-likeness (QED) is 0.443. The smallest absolute Gasteiger partial charge is 0.0467 e. The van der Waals surface area contributed by atoms with Crippen LogP contribution in [0.5, 0.6) is 0 Å². The Labute approximate surface area is 68.9 Å². The lowest BCUT2D eigenvalue weighted by atomic mass is 10.1. The van der Waals surface area contributed by atoms with Crippen molar-refractivity contribution in [2.24, 2.45) is 5.11 Å². The van der Waals surface area contributed by atoms with Gasteiger partial charge in [0.05, 0.1) is 0 Å². The average Bonchev–Trinajstić information content (AvgIpc) is 1.84. The molecule has 0 aliphatic carbocycles. The van der Waals surface area contributed by atoms with E-state index in [2.05, 4.69) is 31.5 Å². The highest BCUT2D eigenvalue weighted by atomic mass is 127. The fraction of sp³-hybridized carbons (Fsp3) is 0.600. The second-order valence-electron chi connectivity index (χ2n) is 2.26. The third-order valence-corrected chi connectivity index (χ3v) is 2.20. The van der Waals surface area contributed by atoms with Gasteiger partial charge in [0.1, 0.15) is 0 Å². The van der Waals surface area contributed by atoms with Crippen LogP contribution in [0, 0.1) is 5.53 Å². The van der Waals surface area contributed by atoms with Gasteiger partial charge in [0.25, 0.3) is 0 Å². The number of hydrogen-bond acceptors (Lipinski definition) is 3. The highest BCUT2D eigenvalue weighted by Crippen LogP contribution is 2.05. The van der Waals surface area contributed by atoms with Crippen molar-refractivity contribution >= 4 is 22.9 Å². The van der Waals surface area contributed by atoms with E-state index in [0.717, 1.165) is 0 Å². The third-order valence-electron chi connectivity index (χ3n) is 0.809. The molecule has 0 bridgehead atoms. The second kappa shape index (κ2) is 3.94. The molecule has 0 aliphatic heterocycles. The molecular formula is C5H10IN3. The number of nitrogens with zero attached hydrogens (tertiary/aromatic N) is 1. The molecule has 2 N–H and O–H groups in total. The molecule has 0 spiro atoms. The molecule has 3 nitrogen and oxygen atoms in total. The van der Waals surface area contributed by atoms with Crippen molar-refractivity contribution < 1.29 is 0 Å². The number of halogens is 1. The Kier molecular flexibility index (Phi) is 3.96. The minimum Gasteiger partial charge on any atom is -0.252 e. The first-order chi connectivity index (χ1) is 4.12. The zero-order valence-corrected chi connectivity index (χ0v) is 7.64. The SMILES string of the molecule is CC(C)(/C=C\N=N)NI. The zero-order valence-electron chi connectivity index (χ0n) is 5.48. The van der Waals surface area contributed by atoms with Gasteiger partial charge in [0.15, 0.2) is 0 Å². The van der Waals surface area contributed by atoms with E-state index < -0.39 is 0 Å². The Balaban J connectivity index is 3.84. The largest absolute Gasteiger partial charge is 0.252 e. The van der Waals surface area contributed by atoms with E-state index >= 15 is 0 Å². The van der Waals surface area contributed by atoms with Gasteiger partial charge in [-0.2, -0.15) is 5.11 Å². The van der Waals surface area contributed by atoms with Gasteiger partial charge in [0, 0.05) is 34.6 Å². The van der Waals surface area contributed by atoms with Gasteiger partial charge in [0.2, 0.25) is 0 Å². The molecule has 0 heterocycles. The highest BCUT2D eigenvalue weighted by Gasteiger charge is 2.08. The first-order valence-corrected chi connectivity index (χ1v) is 3.62. The van der Waals surface area contributed by atoms with Crippen LogP contribution in [0.4, 0.5) is 0 Å². The summed E-state index contributed by atoms with van der Waals surface area (Å²) < 4.78 is 3.02. The summed E-state index contributed by atoms with van der Waals surface area (Å²) in [7, 11) is 0. The summed E-state index contributed by atoms with van der Waals surface area (Å²) in [5.74, 6) is 0. The Bertz CT molecular complexity index is 119. The molecule has 0 amide bonds. The van der Waals surface area contributed by atoms with Crippen LogP contribution < -0.4 is 3.53 Å². The summed E-state index contributed by atoms with van der Waals surface area (Å²) >= 11 is 2.07. The van der Waals surface area contributed by atoms with E-state index in [1.807, 2.05) is 19.9 Å². The first kappa shape index (κ1) is 9.03. The Morgan fingerprint density at radius 2 is 2.22 bits per heavy atom. The van der Waals surface area contributed by atoms with Crippen LogP contribution in [-0.2, 0) is 0 Å². The highest BCUT2D eigenvalue weighted by molar-refractivity contribution is 14.1. The topological polar surface area (TPSA) is 48.2 Å². The van der Waals surface area contributed by atoms with Gasteiger partial charge in [-0.15, -0.1) is 0 Å². The summed E-state index contributed by atoms with van der Waals surface area (Å²) in [6.07, 6.45) is 3.29. The molecule has 0 aromatic rings. The van der Waals surface area contributed by atoms with Crippen LogP contribution >= 0.6 is 22.9 Å². The minimum atomic E-state index is -0.0644. The Morgan fingerprint density at radius 1 is 1.67 bits per heavy atom. The van der Waals surface area contributed by atoms with Crippen LogP contribution in [0.1, 0.15) is 13.8 Å². The molecule has 0 atom stereocenters. The van der Waals surface area contributed by atoms with Crippen LogP contribution in [0.2, 0.25) is 0 Å². The lowest BCUT2D eigenvalue weighted by molar-refractivity contribution is 0.620. The normalized spacial score (nSPS) is 12.3. The maximum absolute atomic E-state index is 6.47. The van der Waals surface area contributed by atoms with Gasteiger partial charge in [-0.1, -0.05) is 0 Å². The molecule has 9 heavy (non-hydrogen) atoms. The fourth-order valence-electron chi connectivity index (χ4n) is 0.255. The van der Waals surface area contributed by atoms with Gasteiger partial charge < -0.3 is 0 Å². The van der Waals surface area contributed by atoms with Gasteiger partial charge in [-0.25, -0.2) is 5.53 Å². The summed E-state index contributed by atoms with van der Waals surface area (Å²) in [5.41, 5.74) is 6.40. The standard InChI is InChI=1S/C5H10IN3/c1-5(2,9-6)3-4-8-7/h3-4,7,9H,1-2H3/b4-3-,8-7?. The zero-order chi connectivity index (χ0) is 7.33. The van der Waals surface area contributed by atoms with E-state index in [0.29, 0.717) is 0 Å². The summed E-state index contributed by atoms with van der Waals surface area (Å²) in [6.45, 7) is 4.00. The van der Waals surface area contributed by atoms with E-state index in [-0.39, 0.29) is 5.54 Å². The Hall–Kier alpha value is 0.0300. The predicted molar refractivity (Wildman–Crippen MR) is 45.5 cm³/mol. The average molecular weight is 239 g/mol. The molecule has 0 rings (SSSR count). The van der Waals surface area contributed by atoms with Crippen LogP contribution in [0.15, 0.2) is 17.4 Å². The number of rotatable bonds is 3. The molecule has 0 radical (unpaired) electrons. The van der Waals surface area contributed by atoms with Crippen molar-refractivity contribution in [3.63, 3.8) is 0 Å². The van der Waals surface area contributed by atoms with Gasteiger partial charge in [-0.05, 0) is 19.9 Å². The molecule has 4 heteroatoms. The molecule has 0 aliphatic rings. The van der Waals surface area contributed by atoms with Crippen molar-refractivity contribution in [3.05, 3.63) is 12.3 Å². The Morgan fingerprint density at radius 3 is 2.56 bits per heavy atom. The van der Waals surface area contributed by atoms with Crippen LogP contribution in [0.3, 0.4) is 0 Å². The van der Waals surface area contributed by atoms with Gasteiger partial charge >= 0.3 is 0 Å². The molecule has 0 aromatic heterocycles. The van der Waals surface area contributed by atoms with E-state index in [1.54, 1.807) is 0 Å². The fourth-order valence-corrected chi connectivity index (χ4v) is 0.435. The summed E-state index contributed by atoms with van der Waals surface area (Å²) in [6, 6.07) is 0. The summed E-state index contributed by atoms with van der Waals surface area (Å²) in [4.78, 5) is 0. The minimum absolute atomic E-state index is 0.0644.